The lowest BCUT2D eigenvalue weighted by atomic mass is 9.87. The zero-order valence-corrected chi connectivity index (χ0v) is 23.8. The Balaban J connectivity index is 1.44. The van der Waals surface area contributed by atoms with Gasteiger partial charge in [-0.05, 0) is 60.7 Å². The molecule has 2 aromatic carbocycles. The number of rotatable bonds is 11. The van der Waals surface area contributed by atoms with E-state index < -0.39 is 31.6 Å². The van der Waals surface area contributed by atoms with Crippen molar-refractivity contribution in [3.8, 4) is 5.75 Å². The van der Waals surface area contributed by atoms with Crippen LogP contribution in [-0.4, -0.2) is 37.8 Å². The summed E-state index contributed by atoms with van der Waals surface area (Å²) in [4.78, 5) is 17.3. The molecule has 0 radical (unpaired) electrons. The molecule has 0 bridgehead atoms. The number of sulfonamides is 2. The number of hydrogen-bond acceptors (Lipinski definition) is 8. The smallest absolute Gasteiger partial charge is 0.343 e. The first-order valence-corrected chi connectivity index (χ1v) is 16.0. The normalized spacial score (nSPS) is 14.6. The van der Waals surface area contributed by atoms with Crippen molar-refractivity contribution in [1.29, 1.82) is 0 Å². The third-order valence-corrected chi connectivity index (χ3v) is 10.2. The largest absolute Gasteiger partial charge is 0.507 e. The van der Waals surface area contributed by atoms with Gasteiger partial charge in [-0.1, -0.05) is 37.3 Å². The van der Waals surface area contributed by atoms with Crippen LogP contribution in [0, 0.1) is 5.92 Å². The Morgan fingerprint density at radius 3 is 2.37 bits per heavy atom. The van der Waals surface area contributed by atoms with Crippen LogP contribution in [0.3, 0.4) is 0 Å². The summed E-state index contributed by atoms with van der Waals surface area (Å²) < 4.78 is 61.1. The summed E-state index contributed by atoms with van der Waals surface area (Å²) in [5.41, 5.74) is 0.210. The van der Waals surface area contributed by atoms with Crippen LogP contribution in [0.25, 0.3) is 0 Å². The number of nitrogens with one attached hydrogen (secondary N) is 1. The summed E-state index contributed by atoms with van der Waals surface area (Å²) in [5, 5.41) is 11.0. The second kappa shape index (κ2) is 11.5. The van der Waals surface area contributed by atoms with Crippen LogP contribution in [0.2, 0.25) is 0 Å². The van der Waals surface area contributed by atoms with Crippen molar-refractivity contribution < 1.29 is 26.4 Å². The highest BCUT2D eigenvalue weighted by Gasteiger charge is 2.38. The molecule has 1 aliphatic carbocycles. The first-order valence-electron chi connectivity index (χ1n) is 13.0. The van der Waals surface area contributed by atoms with Gasteiger partial charge in [0.2, 0.25) is 10.0 Å². The number of aromatic hydroxyl groups is 1. The number of pyridine rings is 1. The Morgan fingerprint density at radius 1 is 1.00 bits per heavy atom. The van der Waals surface area contributed by atoms with E-state index in [2.05, 4.69) is 9.71 Å². The predicted octanol–water partition coefficient (Wildman–Crippen LogP) is 4.29. The van der Waals surface area contributed by atoms with Crippen LogP contribution in [0.4, 0.5) is 5.69 Å². The Bertz CT molecular complexity index is 1810. The van der Waals surface area contributed by atoms with E-state index in [0.717, 1.165) is 17.1 Å². The lowest BCUT2D eigenvalue weighted by Crippen LogP contribution is -2.31. The molecule has 4 aromatic rings. The Labute approximate surface area is 238 Å². The summed E-state index contributed by atoms with van der Waals surface area (Å²) in [7, 11) is -7.75. The molecule has 1 aliphatic rings. The van der Waals surface area contributed by atoms with Crippen molar-refractivity contribution in [3.63, 3.8) is 0 Å². The van der Waals surface area contributed by atoms with Crippen molar-refractivity contribution in [1.82, 2.24) is 9.29 Å². The van der Waals surface area contributed by atoms with Crippen molar-refractivity contribution in [2.24, 2.45) is 5.92 Å². The third-order valence-electron chi connectivity index (χ3n) is 6.93. The fourth-order valence-electron chi connectivity index (χ4n) is 4.80. The van der Waals surface area contributed by atoms with E-state index in [1.54, 1.807) is 49.4 Å². The highest BCUT2D eigenvalue weighted by atomic mass is 32.2. The Hall–Kier alpha value is -4.00. The number of hydrogen-bond donors (Lipinski definition) is 2. The Morgan fingerprint density at radius 2 is 1.73 bits per heavy atom. The summed E-state index contributed by atoms with van der Waals surface area (Å²) >= 11 is 0. The van der Waals surface area contributed by atoms with Gasteiger partial charge in [0, 0.05) is 36.6 Å². The number of anilines is 1. The highest BCUT2D eigenvalue weighted by molar-refractivity contribution is 7.92. The minimum atomic E-state index is -3.89. The lowest BCUT2D eigenvalue weighted by molar-refractivity contribution is 0.345. The van der Waals surface area contributed by atoms with Crippen molar-refractivity contribution in [2.75, 3.05) is 11.3 Å². The van der Waals surface area contributed by atoms with Crippen LogP contribution < -0.4 is 10.3 Å². The van der Waals surface area contributed by atoms with Crippen LogP contribution >= 0.6 is 0 Å². The molecule has 10 nitrogen and oxygen atoms in total. The molecular formula is C29H29N3O7S2. The maximum Gasteiger partial charge on any atom is 0.343 e. The van der Waals surface area contributed by atoms with Crippen LogP contribution in [0.5, 0.6) is 5.75 Å². The second-order valence-corrected chi connectivity index (χ2v) is 13.4. The molecule has 1 unspecified atom stereocenters. The minimum Gasteiger partial charge on any atom is -0.507 e. The number of nitrogens with zero attached hydrogens (tertiary/aromatic N) is 2. The minimum absolute atomic E-state index is 0.00475. The van der Waals surface area contributed by atoms with E-state index in [4.69, 9.17) is 4.42 Å². The van der Waals surface area contributed by atoms with Crippen molar-refractivity contribution in [3.05, 3.63) is 112 Å². The van der Waals surface area contributed by atoms with Crippen molar-refractivity contribution >= 4 is 25.7 Å². The fraction of sp³-hybridized carbons (Fsp3) is 0.241. The zero-order valence-electron chi connectivity index (χ0n) is 22.2. The summed E-state index contributed by atoms with van der Waals surface area (Å²) in [5.74, 6) is -0.795. The first-order chi connectivity index (χ1) is 19.6. The molecule has 41 heavy (non-hydrogen) atoms. The SMILES string of the molecule is CCN(Cc1cc(O)c(C(c2cccc(NS(=O)(=O)c3cccnc3)c2)C2CC2)c(=O)o1)S(=O)(=O)c1ccccc1. The molecular weight excluding hydrogens is 566 g/mol. The molecule has 0 saturated heterocycles. The van der Waals surface area contributed by atoms with Gasteiger partial charge in [-0.15, -0.1) is 0 Å². The standard InChI is InChI=1S/C29H29N3O7S2/c1-2-32(41(37,38)24-10-4-3-5-11-24)19-23-17-26(33)28(29(34)39-23)27(20-13-14-20)21-8-6-9-22(16-21)31-40(35,36)25-12-7-15-30-18-25/h3-12,15-18,20,27,31,33H,2,13-14,19H2,1H3. The molecule has 2 aromatic heterocycles. The van der Waals surface area contributed by atoms with Gasteiger partial charge in [0.15, 0.2) is 0 Å². The maximum absolute atomic E-state index is 13.3. The summed E-state index contributed by atoms with van der Waals surface area (Å²) in [6, 6.07) is 18.8. The van der Waals surface area contributed by atoms with Gasteiger partial charge in [-0.2, -0.15) is 4.31 Å². The molecule has 214 valence electrons. The van der Waals surface area contributed by atoms with E-state index in [9.17, 15) is 26.7 Å². The molecule has 1 fully saturated rings. The van der Waals surface area contributed by atoms with Gasteiger partial charge >= 0.3 is 5.63 Å². The van der Waals surface area contributed by atoms with Crippen LogP contribution in [-0.2, 0) is 26.6 Å². The second-order valence-electron chi connectivity index (χ2n) is 9.78. The van der Waals surface area contributed by atoms with E-state index >= 15 is 0 Å². The van der Waals surface area contributed by atoms with Crippen molar-refractivity contribution in [2.45, 2.75) is 42.0 Å². The maximum atomic E-state index is 13.3. The van der Waals surface area contributed by atoms with E-state index in [1.807, 2.05) is 0 Å². The molecule has 0 amide bonds. The van der Waals surface area contributed by atoms with Gasteiger partial charge in [0.05, 0.1) is 17.0 Å². The average molecular weight is 596 g/mol. The molecule has 12 heteroatoms. The van der Waals surface area contributed by atoms with Gasteiger partial charge in [-0.3, -0.25) is 9.71 Å². The monoisotopic (exact) mass is 595 g/mol. The molecule has 2 heterocycles. The Kier molecular flexibility index (Phi) is 7.98. The van der Waals surface area contributed by atoms with Crippen LogP contribution in [0.15, 0.2) is 104 Å². The predicted molar refractivity (Wildman–Crippen MR) is 152 cm³/mol. The van der Waals surface area contributed by atoms with Gasteiger partial charge in [-0.25, -0.2) is 21.6 Å². The summed E-state index contributed by atoms with van der Waals surface area (Å²) in [6.07, 6.45) is 4.35. The third kappa shape index (κ3) is 6.19. The first kappa shape index (κ1) is 28.5. The summed E-state index contributed by atoms with van der Waals surface area (Å²) in [6.45, 7) is 1.55. The van der Waals surface area contributed by atoms with E-state index in [0.29, 0.717) is 11.3 Å². The van der Waals surface area contributed by atoms with Gasteiger partial charge in [0.25, 0.3) is 10.0 Å². The molecule has 0 spiro atoms. The highest BCUT2D eigenvalue weighted by Crippen LogP contribution is 2.48. The van der Waals surface area contributed by atoms with Crippen LogP contribution in [0.1, 0.15) is 42.6 Å². The zero-order chi connectivity index (χ0) is 29.2. The fourth-order valence-corrected chi connectivity index (χ4v) is 7.25. The van der Waals surface area contributed by atoms with Gasteiger partial charge in [0.1, 0.15) is 16.4 Å². The molecule has 2 N–H and O–H groups in total. The molecule has 1 atom stereocenters. The lowest BCUT2D eigenvalue weighted by Gasteiger charge is -2.21. The molecule has 5 rings (SSSR count). The average Bonchev–Trinajstić information content (AvgIpc) is 3.80. The quantitative estimate of drug-likeness (QED) is 0.261. The molecule has 0 aliphatic heterocycles. The van der Waals surface area contributed by atoms with Gasteiger partial charge < -0.3 is 9.52 Å². The topological polar surface area (TPSA) is 147 Å². The molecule has 1 saturated carbocycles. The van der Waals surface area contributed by atoms with E-state index in [-0.39, 0.29) is 45.9 Å². The number of aromatic nitrogens is 1. The number of benzene rings is 2. The van der Waals surface area contributed by atoms with E-state index in [1.165, 1.54) is 42.7 Å².